The topological polar surface area (TPSA) is 70.7 Å². The molecule has 2 rings (SSSR count). The average Bonchev–Trinajstić information content (AvgIpc) is 2.37. The second kappa shape index (κ2) is 6.49. The van der Waals surface area contributed by atoms with Gasteiger partial charge in [-0.25, -0.2) is 9.97 Å². The number of aryl methyl sites for hydroxylation is 1. The molecule has 0 saturated carbocycles. The lowest BCUT2D eigenvalue weighted by molar-refractivity contribution is 0.722. The summed E-state index contributed by atoms with van der Waals surface area (Å²) in [6, 6.07) is 5.42. The van der Waals surface area contributed by atoms with Gasteiger partial charge >= 0.3 is 0 Å². The maximum Gasteiger partial charge on any atom is 0.251 e. The number of nitrogens with one attached hydrogen (secondary N) is 2. The van der Waals surface area contributed by atoms with Crippen molar-refractivity contribution in [1.29, 1.82) is 0 Å². The van der Waals surface area contributed by atoms with E-state index < -0.39 is 0 Å². The van der Waals surface area contributed by atoms with Gasteiger partial charge in [-0.05, 0) is 36.9 Å². The molecule has 2 aromatic rings. The summed E-state index contributed by atoms with van der Waals surface area (Å²) in [6.45, 7) is 5.61. The van der Waals surface area contributed by atoms with Crippen LogP contribution in [0.25, 0.3) is 0 Å². The van der Waals surface area contributed by atoms with Gasteiger partial charge in [-0.3, -0.25) is 4.79 Å². The Labute approximate surface area is 115 Å². The molecule has 0 unspecified atom stereocenters. The maximum absolute atomic E-state index is 11.3. The molecule has 0 bridgehead atoms. The van der Waals surface area contributed by atoms with Crippen LogP contribution in [0.4, 0.5) is 0 Å². The van der Waals surface area contributed by atoms with E-state index in [9.17, 15) is 4.79 Å². The molecule has 0 aromatic carbocycles. The van der Waals surface area contributed by atoms with Crippen molar-refractivity contribution in [2.75, 3.05) is 6.54 Å². The molecular formula is C13H16N4OS. The van der Waals surface area contributed by atoms with Gasteiger partial charge in [0, 0.05) is 24.5 Å². The summed E-state index contributed by atoms with van der Waals surface area (Å²) in [5.41, 5.74) is 1.70. The summed E-state index contributed by atoms with van der Waals surface area (Å²) < 4.78 is 0. The Balaban J connectivity index is 2.08. The molecule has 2 N–H and O–H groups in total. The molecule has 0 amide bonds. The van der Waals surface area contributed by atoms with Gasteiger partial charge in [0.05, 0.1) is 0 Å². The standard InChI is InChI=1S/C13H16N4OS/c1-3-14-7-10-4-5-12(15-8-10)19-13-16-9(2)6-11(18)17-13/h4-6,8,14H,3,7H2,1-2H3,(H,16,17,18). The van der Waals surface area contributed by atoms with Gasteiger partial charge < -0.3 is 10.3 Å². The minimum atomic E-state index is -0.140. The van der Waals surface area contributed by atoms with Gasteiger partial charge in [0.2, 0.25) is 0 Å². The minimum Gasteiger partial charge on any atom is -0.313 e. The summed E-state index contributed by atoms with van der Waals surface area (Å²) in [5.74, 6) is 0. The Morgan fingerprint density at radius 3 is 2.89 bits per heavy atom. The van der Waals surface area contributed by atoms with Crippen LogP contribution in [-0.4, -0.2) is 21.5 Å². The van der Waals surface area contributed by atoms with Crippen molar-refractivity contribution in [1.82, 2.24) is 20.3 Å². The molecule has 2 aromatic heterocycles. The lowest BCUT2D eigenvalue weighted by atomic mass is 10.3. The highest BCUT2D eigenvalue weighted by atomic mass is 32.2. The molecule has 6 heteroatoms. The SMILES string of the molecule is CCNCc1ccc(Sc2nc(C)cc(=O)[nH]2)nc1. The van der Waals surface area contributed by atoms with Crippen LogP contribution in [0, 0.1) is 6.92 Å². The van der Waals surface area contributed by atoms with Gasteiger partial charge in [-0.15, -0.1) is 0 Å². The number of aromatic amines is 1. The van der Waals surface area contributed by atoms with E-state index in [0.717, 1.165) is 23.7 Å². The van der Waals surface area contributed by atoms with Gasteiger partial charge in [0.1, 0.15) is 5.03 Å². The third-order valence-corrected chi connectivity index (χ3v) is 3.26. The average molecular weight is 276 g/mol. The Morgan fingerprint density at radius 2 is 2.26 bits per heavy atom. The van der Waals surface area contributed by atoms with Gasteiger partial charge in [-0.2, -0.15) is 0 Å². The molecule has 100 valence electrons. The molecule has 19 heavy (non-hydrogen) atoms. The van der Waals surface area contributed by atoms with Crippen LogP contribution < -0.4 is 10.9 Å². The van der Waals surface area contributed by atoms with E-state index in [-0.39, 0.29) is 5.56 Å². The molecule has 0 atom stereocenters. The van der Waals surface area contributed by atoms with Crippen molar-refractivity contribution >= 4 is 11.8 Å². The largest absolute Gasteiger partial charge is 0.313 e. The van der Waals surface area contributed by atoms with Crippen molar-refractivity contribution in [2.24, 2.45) is 0 Å². The van der Waals surface area contributed by atoms with Crippen LogP contribution in [0.2, 0.25) is 0 Å². The van der Waals surface area contributed by atoms with E-state index in [1.165, 1.54) is 17.8 Å². The smallest absolute Gasteiger partial charge is 0.251 e. The molecule has 0 aliphatic carbocycles. The van der Waals surface area contributed by atoms with Gasteiger partial charge in [0.25, 0.3) is 5.56 Å². The van der Waals surface area contributed by atoms with Crippen LogP contribution >= 0.6 is 11.8 Å². The Bertz CT molecular complexity index is 594. The van der Waals surface area contributed by atoms with E-state index in [1.54, 1.807) is 6.92 Å². The molecule has 0 aliphatic heterocycles. The number of aromatic nitrogens is 3. The van der Waals surface area contributed by atoms with E-state index in [4.69, 9.17) is 0 Å². The molecule has 0 spiro atoms. The highest BCUT2D eigenvalue weighted by Gasteiger charge is 2.03. The molecule has 0 fully saturated rings. The number of hydrogen-bond acceptors (Lipinski definition) is 5. The lowest BCUT2D eigenvalue weighted by Gasteiger charge is -2.03. The first-order valence-corrected chi connectivity index (χ1v) is 6.90. The summed E-state index contributed by atoms with van der Waals surface area (Å²) in [7, 11) is 0. The van der Waals surface area contributed by atoms with Crippen molar-refractivity contribution in [3.8, 4) is 0 Å². The first-order valence-electron chi connectivity index (χ1n) is 6.09. The third-order valence-electron chi connectivity index (χ3n) is 2.43. The summed E-state index contributed by atoms with van der Waals surface area (Å²) >= 11 is 1.35. The van der Waals surface area contributed by atoms with Crippen LogP contribution in [0.3, 0.4) is 0 Å². The van der Waals surface area contributed by atoms with Crippen LogP contribution in [-0.2, 0) is 6.54 Å². The lowest BCUT2D eigenvalue weighted by Crippen LogP contribution is -2.11. The molecule has 0 aliphatic rings. The van der Waals surface area contributed by atoms with Crippen molar-refractivity contribution in [2.45, 2.75) is 30.6 Å². The normalized spacial score (nSPS) is 10.6. The van der Waals surface area contributed by atoms with Gasteiger partial charge in [-0.1, -0.05) is 13.0 Å². The number of pyridine rings is 1. The quantitative estimate of drug-likeness (QED) is 0.814. The summed E-state index contributed by atoms with van der Waals surface area (Å²) in [5, 5.41) is 4.62. The molecular weight excluding hydrogens is 260 g/mol. The zero-order chi connectivity index (χ0) is 13.7. The number of hydrogen-bond donors (Lipinski definition) is 2. The predicted molar refractivity (Wildman–Crippen MR) is 75.3 cm³/mol. The van der Waals surface area contributed by atoms with Gasteiger partial charge in [0.15, 0.2) is 5.16 Å². The summed E-state index contributed by atoms with van der Waals surface area (Å²) in [6.07, 6.45) is 1.83. The van der Waals surface area contributed by atoms with E-state index >= 15 is 0 Å². The fourth-order valence-electron chi connectivity index (χ4n) is 1.54. The molecule has 0 radical (unpaired) electrons. The predicted octanol–water partition coefficient (Wildman–Crippen LogP) is 1.73. The fraction of sp³-hybridized carbons (Fsp3) is 0.308. The summed E-state index contributed by atoms with van der Waals surface area (Å²) in [4.78, 5) is 22.6. The number of nitrogens with zero attached hydrogens (tertiary/aromatic N) is 2. The van der Waals surface area contributed by atoms with Crippen LogP contribution in [0.1, 0.15) is 18.2 Å². The van der Waals surface area contributed by atoms with E-state index in [1.807, 2.05) is 18.3 Å². The van der Waals surface area contributed by atoms with Crippen LogP contribution in [0.5, 0.6) is 0 Å². The number of H-pyrrole nitrogens is 1. The molecule has 0 saturated heterocycles. The molecule has 5 nitrogen and oxygen atoms in total. The molecule has 2 heterocycles. The third kappa shape index (κ3) is 4.18. The Kier molecular flexibility index (Phi) is 4.70. The fourth-order valence-corrected chi connectivity index (χ4v) is 2.33. The van der Waals surface area contributed by atoms with Crippen LogP contribution in [0.15, 0.2) is 39.4 Å². The van der Waals surface area contributed by atoms with Crippen molar-refractivity contribution in [3.05, 3.63) is 46.0 Å². The second-order valence-corrected chi connectivity index (χ2v) is 5.09. The Morgan fingerprint density at radius 1 is 1.42 bits per heavy atom. The Hall–Kier alpha value is -1.66. The first-order chi connectivity index (χ1) is 9.17. The highest BCUT2D eigenvalue weighted by molar-refractivity contribution is 7.99. The van der Waals surface area contributed by atoms with E-state index in [0.29, 0.717) is 10.9 Å². The minimum absolute atomic E-state index is 0.140. The number of rotatable bonds is 5. The van der Waals surface area contributed by atoms with Crippen molar-refractivity contribution < 1.29 is 0 Å². The maximum atomic E-state index is 11.3. The highest BCUT2D eigenvalue weighted by Crippen LogP contribution is 2.21. The second-order valence-electron chi connectivity index (χ2n) is 4.08. The monoisotopic (exact) mass is 276 g/mol. The zero-order valence-electron chi connectivity index (χ0n) is 10.9. The van der Waals surface area contributed by atoms with E-state index in [2.05, 4.69) is 27.2 Å². The van der Waals surface area contributed by atoms with Crippen molar-refractivity contribution in [3.63, 3.8) is 0 Å². The first kappa shape index (κ1) is 13.8. The zero-order valence-corrected chi connectivity index (χ0v) is 11.8.